The summed E-state index contributed by atoms with van der Waals surface area (Å²) in [4.78, 5) is 12.1. The zero-order valence-electron chi connectivity index (χ0n) is 12.2. The second-order valence-electron chi connectivity index (χ2n) is 6.00. The highest BCUT2D eigenvalue weighted by atomic mass is 16.5. The molecule has 1 saturated carbocycles. The molecule has 3 nitrogen and oxygen atoms in total. The lowest BCUT2D eigenvalue weighted by Crippen LogP contribution is -2.51. The molecule has 0 spiro atoms. The Morgan fingerprint density at radius 3 is 2.50 bits per heavy atom. The molecule has 0 heterocycles. The molecule has 106 valence electrons. The smallest absolute Gasteiger partial charge is 0.326 e. The minimum atomic E-state index is -0.711. The van der Waals surface area contributed by atoms with Gasteiger partial charge in [0.1, 0.15) is 5.54 Å². The van der Waals surface area contributed by atoms with Gasteiger partial charge >= 0.3 is 5.97 Å². The Kier molecular flexibility index (Phi) is 6.13. The van der Waals surface area contributed by atoms with Crippen LogP contribution in [0.15, 0.2) is 0 Å². The van der Waals surface area contributed by atoms with Crippen molar-refractivity contribution < 1.29 is 9.53 Å². The molecule has 18 heavy (non-hydrogen) atoms. The van der Waals surface area contributed by atoms with Crippen molar-refractivity contribution >= 4 is 5.97 Å². The van der Waals surface area contributed by atoms with E-state index >= 15 is 0 Å². The summed E-state index contributed by atoms with van der Waals surface area (Å²) in [5.74, 6) is 1.00. The van der Waals surface area contributed by atoms with Gasteiger partial charge in [0, 0.05) is 0 Å². The minimum absolute atomic E-state index is 0.181. The van der Waals surface area contributed by atoms with Gasteiger partial charge in [-0.3, -0.25) is 4.79 Å². The van der Waals surface area contributed by atoms with E-state index < -0.39 is 5.54 Å². The van der Waals surface area contributed by atoms with Crippen LogP contribution in [0.1, 0.15) is 65.7 Å². The molecule has 1 atom stereocenters. The molecule has 1 aliphatic rings. The first-order valence-corrected chi connectivity index (χ1v) is 7.48. The fourth-order valence-electron chi connectivity index (χ4n) is 2.74. The van der Waals surface area contributed by atoms with Crippen molar-refractivity contribution in [3.63, 3.8) is 0 Å². The monoisotopic (exact) mass is 255 g/mol. The van der Waals surface area contributed by atoms with Crippen LogP contribution in [0.2, 0.25) is 0 Å². The molecule has 1 unspecified atom stereocenters. The van der Waals surface area contributed by atoms with Gasteiger partial charge in [0.15, 0.2) is 0 Å². The molecule has 0 saturated heterocycles. The highest BCUT2D eigenvalue weighted by Crippen LogP contribution is 2.33. The Bertz CT molecular complexity index is 257. The molecule has 3 heteroatoms. The number of hydrogen-bond acceptors (Lipinski definition) is 3. The van der Waals surface area contributed by atoms with Gasteiger partial charge in [0.25, 0.3) is 0 Å². The quantitative estimate of drug-likeness (QED) is 0.741. The number of nitrogens with two attached hydrogens (primary N) is 1. The lowest BCUT2D eigenvalue weighted by Gasteiger charge is -2.35. The van der Waals surface area contributed by atoms with Crippen molar-refractivity contribution in [2.45, 2.75) is 71.3 Å². The maximum absolute atomic E-state index is 12.1. The molecule has 1 aliphatic carbocycles. The maximum atomic E-state index is 12.1. The van der Waals surface area contributed by atoms with Crippen LogP contribution in [0.5, 0.6) is 0 Å². The van der Waals surface area contributed by atoms with E-state index in [1.54, 1.807) is 0 Å². The van der Waals surface area contributed by atoms with Gasteiger partial charge in [-0.2, -0.15) is 0 Å². The van der Waals surface area contributed by atoms with Crippen molar-refractivity contribution in [3.05, 3.63) is 0 Å². The minimum Gasteiger partial charge on any atom is -0.464 e. The SMILES string of the molecule is CCCC(C)COC(=O)C1(N)CCC(CC)CC1. The average Bonchev–Trinajstić information content (AvgIpc) is 2.37. The standard InChI is InChI=1S/C15H29NO2/c1-4-6-12(3)11-18-14(17)15(16)9-7-13(5-2)8-10-15/h12-13H,4-11,16H2,1-3H3. The normalized spacial score (nSPS) is 29.9. The van der Waals surface area contributed by atoms with E-state index in [0.717, 1.165) is 44.4 Å². The molecular weight excluding hydrogens is 226 g/mol. The fraction of sp³-hybridized carbons (Fsp3) is 0.933. The topological polar surface area (TPSA) is 52.3 Å². The second-order valence-corrected chi connectivity index (χ2v) is 6.00. The lowest BCUT2D eigenvalue weighted by molar-refractivity contribution is -0.153. The number of carbonyl (C=O) groups is 1. The van der Waals surface area contributed by atoms with Gasteiger partial charge in [-0.25, -0.2) is 0 Å². The predicted molar refractivity (Wildman–Crippen MR) is 74.2 cm³/mol. The Morgan fingerprint density at radius 1 is 1.39 bits per heavy atom. The Morgan fingerprint density at radius 2 is 2.00 bits per heavy atom. The molecule has 0 aromatic heterocycles. The fourth-order valence-corrected chi connectivity index (χ4v) is 2.74. The summed E-state index contributed by atoms with van der Waals surface area (Å²) in [6.07, 6.45) is 7.12. The summed E-state index contributed by atoms with van der Waals surface area (Å²) >= 11 is 0. The van der Waals surface area contributed by atoms with Crippen LogP contribution in [0.25, 0.3) is 0 Å². The first-order valence-electron chi connectivity index (χ1n) is 7.48. The summed E-state index contributed by atoms with van der Waals surface area (Å²) in [5, 5.41) is 0. The Hall–Kier alpha value is -0.570. The van der Waals surface area contributed by atoms with E-state index in [0.29, 0.717) is 12.5 Å². The Labute approximate surface area is 111 Å². The van der Waals surface area contributed by atoms with Crippen molar-refractivity contribution in [1.29, 1.82) is 0 Å². The molecule has 0 aliphatic heterocycles. The van der Waals surface area contributed by atoms with Gasteiger partial charge in [-0.05, 0) is 43.9 Å². The second kappa shape index (κ2) is 7.13. The number of carbonyl (C=O) groups excluding carboxylic acids is 1. The van der Waals surface area contributed by atoms with Crippen molar-refractivity contribution in [2.24, 2.45) is 17.6 Å². The summed E-state index contributed by atoms with van der Waals surface area (Å²) in [5.41, 5.74) is 5.49. The lowest BCUT2D eigenvalue weighted by atomic mass is 9.76. The van der Waals surface area contributed by atoms with Crippen molar-refractivity contribution in [2.75, 3.05) is 6.61 Å². The molecular formula is C15H29NO2. The molecule has 0 aromatic rings. The average molecular weight is 255 g/mol. The van der Waals surface area contributed by atoms with Crippen LogP contribution in [0.4, 0.5) is 0 Å². The van der Waals surface area contributed by atoms with Gasteiger partial charge in [0.05, 0.1) is 6.61 Å². The van der Waals surface area contributed by atoms with Crippen LogP contribution in [-0.4, -0.2) is 18.1 Å². The van der Waals surface area contributed by atoms with Crippen LogP contribution >= 0.6 is 0 Å². The van der Waals surface area contributed by atoms with Gasteiger partial charge in [0.2, 0.25) is 0 Å². The molecule has 0 bridgehead atoms. The molecule has 2 N–H and O–H groups in total. The maximum Gasteiger partial charge on any atom is 0.326 e. The van der Waals surface area contributed by atoms with E-state index in [2.05, 4.69) is 20.8 Å². The zero-order chi connectivity index (χ0) is 13.6. The van der Waals surface area contributed by atoms with Gasteiger partial charge in [-0.15, -0.1) is 0 Å². The van der Waals surface area contributed by atoms with Crippen LogP contribution < -0.4 is 5.73 Å². The largest absolute Gasteiger partial charge is 0.464 e. The first kappa shape index (κ1) is 15.5. The zero-order valence-corrected chi connectivity index (χ0v) is 12.2. The highest BCUT2D eigenvalue weighted by molar-refractivity contribution is 5.80. The third-order valence-corrected chi connectivity index (χ3v) is 4.26. The summed E-state index contributed by atoms with van der Waals surface area (Å²) in [6.45, 7) is 6.99. The van der Waals surface area contributed by atoms with E-state index in [9.17, 15) is 4.79 Å². The molecule has 1 rings (SSSR count). The highest BCUT2D eigenvalue weighted by Gasteiger charge is 2.39. The third-order valence-electron chi connectivity index (χ3n) is 4.26. The Balaban J connectivity index is 2.37. The van der Waals surface area contributed by atoms with E-state index in [1.165, 1.54) is 6.42 Å². The molecule has 1 fully saturated rings. The van der Waals surface area contributed by atoms with E-state index in [1.807, 2.05) is 0 Å². The van der Waals surface area contributed by atoms with Gasteiger partial charge in [-0.1, -0.05) is 33.6 Å². The third kappa shape index (κ3) is 4.27. The van der Waals surface area contributed by atoms with Crippen molar-refractivity contribution in [1.82, 2.24) is 0 Å². The number of rotatable bonds is 6. The van der Waals surface area contributed by atoms with E-state index in [-0.39, 0.29) is 5.97 Å². The van der Waals surface area contributed by atoms with Crippen molar-refractivity contribution in [3.8, 4) is 0 Å². The molecule has 0 radical (unpaired) electrons. The van der Waals surface area contributed by atoms with Crippen LogP contribution in [0.3, 0.4) is 0 Å². The number of esters is 1. The van der Waals surface area contributed by atoms with Crippen LogP contribution in [-0.2, 0) is 9.53 Å². The molecule has 0 amide bonds. The predicted octanol–water partition coefficient (Wildman–Crippen LogP) is 3.26. The van der Waals surface area contributed by atoms with E-state index in [4.69, 9.17) is 10.5 Å². The number of ether oxygens (including phenoxy) is 1. The summed E-state index contributed by atoms with van der Waals surface area (Å²) < 4.78 is 5.40. The first-order chi connectivity index (χ1) is 8.51. The molecule has 0 aromatic carbocycles. The van der Waals surface area contributed by atoms with Crippen LogP contribution in [0, 0.1) is 11.8 Å². The summed E-state index contributed by atoms with van der Waals surface area (Å²) in [7, 11) is 0. The number of hydrogen-bond donors (Lipinski definition) is 1. The van der Waals surface area contributed by atoms with Gasteiger partial charge < -0.3 is 10.5 Å². The summed E-state index contributed by atoms with van der Waals surface area (Å²) in [6, 6.07) is 0.